The predicted octanol–water partition coefficient (Wildman–Crippen LogP) is 0.420. The average molecular weight is 448 g/mol. The second kappa shape index (κ2) is 10.0. The summed E-state index contributed by atoms with van der Waals surface area (Å²) < 4.78 is 5.31. The van der Waals surface area contributed by atoms with Gasteiger partial charge in [-0.1, -0.05) is 0 Å². The molecule has 12 nitrogen and oxygen atoms in total. The van der Waals surface area contributed by atoms with Crippen LogP contribution in [0.3, 0.4) is 0 Å². The number of carboxylic acids is 2. The van der Waals surface area contributed by atoms with Crippen molar-refractivity contribution in [3.63, 3.8) is 0 Å². The van der Waals surface area contributed by atoms with Gasteiger partial charge in [0.1, 0.15) is 0 Å². The largest absolute Gasteiger partial charge is 0.478 e. The van der Waals surface area contributed by atoms with Crippen LogP contribution in [-0.2, 0) is 26.7 Å². The van der Waals surface area contributed by atoms with Crippen molar-refractivity contribution >= 4 is 11.9 Å². The van der Waals surface area contributed by atoms with Crippen molar-refractivity contribution < 1.29 is 36.9 Å². The number of aliphatic carboxylic acids is 2. The minimum absolute atomic E-state index is 0. The molecule has 0 fully saturated rings. The number of rotatable bonds is 6. The molecule has 0 aliphatic carbocycles. The van der Waals surface area contributed by atoms with Crippen LogP contribution in [0.4, 0.5) is 0 Å². The van der Waals surface area contributed by atoms with E-state index in [0.29, 0.717) is 0 Å². The summed E-state index contributed by atoms with van der Waals surface area (Å²) in [7, 11) is 0. The van der Waals surface area contributed by atoms with Crippen LogP contribution in [0.25, 0.3) is 0 Å². The second-order valence-electron chi connectivity index (χ2n) is 5.37. The molecule has 0 spiro atoms. The van der Waals surface area contributed by atoms with Gasteiger partial charge in [-0.2, -0.15) is 20.4 Å². The number of carboxylic acid groups (broad SMARTS) is 2. The van der Waals surface area contributed by atoms with Gasteiger partial charge in [0.2, 0.25) is 12.3 Å². The maximum absolute atomic E-state index is 11.0. The number of carbonyl (C=O) groups is 2. The van der Waals surface area contributed by atoms with Gasteiger partial charge >= 0.3 is 11.9 Å². The minimum Gasteiger partial charge on any atom is -0.478 e. The molecule has 155 valence electrons. The van der Waals surface area contributed by atoms with Crippen molar-refractivity contribution in [2.75, 3.05) is 0 Å². The van der Waals surface area contributed by atoms with Crippen LogP contribution < -0.4 is 0 Å². The van der Waals surface area contributed by atoms with Crippen LogP contribution in [0.2, 0.25) is 0 Å². The fourth-order valence-corrected chi connectivity index (χ4v) is 2.40. The van der Waals surface area contributed by atoms with Crippen LogP contribution >= 0.6 is 0 Å². The fraction of sp³-hybridized carbons (Fsp3) is 0.125. The molecule has 0 bridgehead atoms. The van der Waals surface area contributed by atoms with Crippen LogP contribution in [0, 0.1) is 0 Å². The van der Waals surface area contributed by atoms with Gasteiger partial charge in [0, 0.05) is 66.6 Å². The summed E-state index contributed by atoms with van der Waals surface area (Å²) in [6, 6.07) is 6.66. The molecular formula is C16H16CuN8O4. The first-order valence-corrected chi connectivity index (χ1v) is 8.00. The topological polar surface area (TPSA) is 146 Å². The van der Waals surface area contributed by atoms with Gasteiger partial charge in [-0.25, -0.2) is 28.3 Å². The first-order chi connectivity index (χ1) is 13.6. The van der Waals surface area contributed by atoms with E-state index in [-0.39, 0.29) is 17.1 Å². The molecule has 0 aromatic carbocycles. The minimum atomic E-state index is -1.00. The van der Waals surface area contributed by atoms with E-state index in [1.807, 2.05) is 0 Å². The van der Waals surface area contributed by atoms with E-state index in [1.165, 1.54) is 43.5 Å². The van der Waals surface area contributed by atoms with E-state index in [9.17, 15) is 9.59 Å². The van der Waals surface area contributed by atoms with Crippen molar-refractivity contribution in [2.24, 2.45) is 0 Å². The molecule has 0 atom stereocenters. The molecule has 1 radical (unpaired) electrons. The Bertz CT molecular complexity index is 833. The SMILES string of the molecule is O=C(O)C(n1cccn1)n1cccn1.O=C(O)C(n1cccn1)n1cccn1.[Cu]. The van der Waals surface area contributed by atoms with Crippen molar-refractivity contribution in [1.29, 1.82) is 0 Å². The first-order valence-electron chi connectivity index (χ1n) is 8.00. The summed E-state index contributed by atoms with van der Waals surface area (Å²) in [6.07, 6.45) is 10.6. The number of hydrogen-bond acceptors (Lipinski definition) is 6. The third-order valence-corrected chi connectivity index (χ3v) is 3.54. The monoisotopic (exact) mass is 447 g/mol. The van der Waals surface area contributed by atoms with E-state index in [0.717, 1.165) is 0 Å². The van der Waals surface area contributed by atoms with Crippen LogP contribution in [0.1, 0.15) is 12.3 Å². The predicted molar refractivity (Wildman–Crippen MR) is 93.0 cm³/mol. The Balaban J connectivity index is 0.000000200. The van der Waals surface area contributed by atoms with Crippen molar-refractivity contribution in [3.8, 4) is 0 Å². The summed E-state index contributed by atoms with van der Waals surface area (Å²) in [5.41, 5.74) is 0. The van der Waals surface area contributed by atoms with E-state index in [1.54, 1.807) is 49.1 Å². The van der Waals surface area contributed by atoms with Crippen LogP contribution in [0.5, 0.6) is 0 Å². The van der Waals surface area contributed by atoms with Crippen molar-refractivity contribution in [2.45, 2.75) is 12.3 Å². The van der Waals surface area contributed by atoms with Crippen molar-refractivity contribution in [1.82, 2.24) is 39.1 Å². The third-order valence-electron chi connectivity index (χ3n) is 3.54. The molecule has 0 amide bonds. The van der Waals surface area contributed by atoms with Gasteiger partial charge in [0.15, 0.2) is 0 Å². The number of nitrogens with zero attached hydrogens (tertiary/aromatic N) is 8. The maximum Gasteiger partial charge on any atom is 0.351 e. The molecule has 29 heavy (non-hydrogen) atoms. The molecular weight excluding hydrogens is 432 g/mol. The zero-order valence-electron chi connectivity index (χ0n) is 14.7. The maximum atomic E-state index is 11.0. The Morgan fingerprint density at radius 3 is 0.966 bits per heavy atom. The van der Waals surface area contributed by atoms with Gasteiger partial charge < -0.3 is 10.2 Å². The molecule has 0 aliphatic rings. The molecule has 4 aromatic rings. The summed E-state index contributed by atoms with van der Waals surface area (Å²) in [5.74, 6) is -2.00. The quantitative estimate of drug-likeness (QED) is 0.404. The summed E-state index contributed by atoms with van der Waals surface area (Å²) >= 11 is 0. The molecule has 0 saturated carbocycles. The Labute approximate surface area is 174 Å². The Kier molecular flexibility index (Phi) is 7.46. The summed E-state index contributed by atoms with van der Waals surface area (Å²) in [6.45, 7) is 0. The van der Waals surface area contributed by atoms with Crippen molar-refractivity contribution in [3.05, 3.63) is 73.8 Å². The third kappa shape index (κ3) is 5.18. The molecule has 0 saturated heterocycles. The average Bonchev–Trinajstić information content (AvgIpc) is 3.46. The number of hydrogen-bond donors (Lipinski definition) is 2. The fourth-order valence-electron chi connectivity index (χ4n) is 2.40. The number of aromatic nitrogens is 8. The van der Waals surface area contributed by atoms with Gasteiger partial charge in [-0.05, 0) is 24.3 Å². The Hall–Kier alpha value is -3.70. The van der Waals surface area contributed by atoms with E-state index in [4.69, 9.17) is 10.2 Å². The normalized spacial score (nSPS) is 10.3. The summed E-state index contributed by atoms with van der Waals surface area (Å²) in [4.78, 5) is 21.9. The summed E-state index contributed by atoms with van der Waals surface area (Å²) in [5, 5.41) is 33.5. The standard InChI is InChI=1S/2C8H8N4O2.Cu/c2*13-8(14)7(11-5-1-3-9-11)12-6-2-4-10-12;/h2*1-7H,(H,13,14);. The molecule has 4 aromatic heterocycles. The van der Waals surface area contributed by atoms with E-state index < -0.39 is 24.3 Å². The molecule has 4 rings (SSSR count). The van der Waals surface area contributed by atoms with E-state index in [2.05, 4.69) is 20.4 Å². The molecule has 0 aliphatic heterocycles. The second-order valence-corrected chi connectivity index (χ2v) is 5.37. The van der Waals surface area contributed by atoms with Crippen LogP contribution in [-0.4, -0.2) is 61.3 Å². The molecule has 0 unspecified atom stereocenters. The smallest absolute Gasteiger partial charge is 0.351 e. The molecule has 4 heterocycles. The Morgan fingerprint density at radius 1 is 0.586 bits per heavy atom. The zero-order valence-corrected chi connectivity index (χ0v) is 15.6. The van der Waals surface area contributed by atoms with E-state index >= 15 is 0 Å². The van der Waals surface area contributed by atoms with Gasteiger partial charge in [0.25, 0.3) is 0 Å². The van der Waals surface area contributed by atoms with Crippen LogP contribution in [0.15, 0.2) is 73.8 Å². The van der Waals surface area contributed by atoms with Gasteiger partial charge in [0.05, 0.1) is 0 Å². The first kappa shape index (κ1) is 21.6. The van der Waals surface area contributed by atoms with Gasteiger partial charge in [-0.15, -0.1) is 0 Å². The zero-order chi connectivity index (χ0) is 19.9. The Morgan fingerprint density at radius 2 is 0.828 bits per heavy atom. The van der Waals surface area contributed by atoms with Gasteiger partial charge in [-0.3, -0.25) is 0 Å². The molecule has 13 heteroatoms. The molecule has 2 N–H and O–H groups in total.